The number of thiophene rings is 1. The van der Waals surface area contributed by atoms with E-state index in [1.54, 1.807) is 4.90 Å². The molecule has 12 rings (SSSR count). The topological polar surface area (TPSA) is 3.24 Å². The highest BCUT2D eigenvalue weighted by molar-refractivity contribution is 7.26. The van der Waals surface area contributed by atoms with Crippen molar-refractivity contribution in [1.82, 2.24) is 0 Å². The summed E-state index contributed by atoms with van der Waals surface area (Å²) < 4.78 is 77.7. The zero-order valence-electron chi connectivity index (χ0n) is 46.7. The number of hydrogen-bond acceptors (Lipinski definition) is 2. The maximum atomic E-state index is 10.1. The van der Waals surface area contributed by atoms with Crippen LogP contribution in [0.25, 0.3) is 75.1 Å². The minimum Gasteiger partial charge on any atom is -0.321 e. The van der Waals surface area contributed by atoms with Gasteiger partial charge in [-0.25, -0.2) is 0 Å². The third-order valence-corrected chi connectivity index (χ3v) is 15.0. The van der Waals surface area contributed by atoms with Crippen molar-refractivity contribution in [3.8, 4) is 22.3 Å². The Balaban J connectivity index is 1.02. The summed E-state index contributed by atoms with van der Waals surface area (Å²) in [4.78, 5) is 1.77. The van der Waals surface area contributed by atoms with Crippen molar-refractivity contribution in [3.05, 3.63) is 308 Å². The molecule has 1 aliphatic rings. The van der Waals surface area contributed by atoms with Gasteiger partial charge in [-0.1, -0.05) is 232 Å². The van der Waals surface area contributed by atoms with Crippen LogP contribution in [-0.2, 0) is 5.41 Å². The third-order valence-electron chi connectivity index (χ3n) is 13.8. The number of fused-ring (bicyclic) bond motifs is 7. The van der Waals surface area contributed by atoms with Gasteiger partial charge in [-0.3, -0.25) is 0 Å². The first-order valence-electron chi connectivity index (χ1n) is 28.0. The molecular formula is C69H51NS. The quantitative estimate of drug-likeness (QED) is 0.104. The Morgan fingerprint density at radius 1 is 0.563 bits per heavy atom. The smallest absolute Gasteiger partial charge is 0.0714 e. The molecule has 0 saturated heterocycles. The summed E-state index contributed by atoms with van der Waals surface area (Å²) >= 11 is 1.52. The zero-order valence-corrected chi connectivity index (χ0v) is 39.6. The molecule has 1 heterocycles. The molecule has 0 N–H and O–H groups in total. The molecule has 2 heteroatoms. The van der Waals surface area contributed by atoms with E-state index in [4.69, 9.17) is 1.37 Å². The van der Waals surface area contributed by atoms with Gasteiger partial charge in [0.1, 0.15) is 0 Å². The van der Waals surface area contributed by atoms with Gasteiger partial charge in [-0.05, 0) is 131 Å². The van der Waals surface area contributed by atoms with Crippen LogP contribution in [0, 0.1) is 0 Å². The minimum atomic E-state index is -1.66. The number of nitrogens with zero attached hydrogens (tertiary/aromatic N) is 1. The van der Waals surface area contributed by atoms with Gasteiger partial charge >= 0.3 is 0 Å². The Hall–Kier alpha value is -8.56. The Labute approximate surface area is 431 Å². The molecule has 0 bridgehead atoms. The molecule has 0 saturated carbocycles. The largest absolute Gasteiger partial charge is 0.321 e. The van der Waals surface area contributed by atoms with Gasteiger partial charge in [0.05, 0.1) is 13.6 Å². The molecule has 0 spiro atoms. The summed E-state index contributed by atoms with van der Waals surface area (Å²) in [5.41, 5.74) is 7.90. The van der Waals surface area contributed by atoms with E-state index in [9.17, 15) is 9.60 Å². The first-order chi connectivity index (χ1) is 38.6. The first-order valence-corrected chi connectivity index (χ1v) is 24.5. The summed E-state index contributed by atoms with van der Waals surface area (Å²) in [6, 6.07) is 68.0. The summed E-state index contributed by atoms with van der Waals surface area (Å²) in [6.07, 6.45) is 2.52. The van der Waals surface area contributed by atoms with Gasteiger partial charge in [-0.15, -0.1) is 11.3 Å². The van der Waals surface area contributed by atoms with E-state index < -0.39 is 30.3 Å². The zero-order chi connectivity index (χ0) is 54.5. The Kier molecular flexibility index (Phi) is 9.21. The third kappa shape index (κ3) is 7.56. The van der Waals surface area contributed by atoms with Crippen LogP contribution < -0.4 is 4.90 Å². The van der Waals surface area contributed by atoms with Crippen LogP contribution in [0.15, 0.2) is 280 Å². The van der Waals surface area contributed by atoms with E-state index in [-0.39, 0.29) is 34.5 Å². The Bertz CT molecular complexity index is 4280. The molecule has 0 fully saturated rings. The van der Waals surface area contributed by atoms with Gasteiger partial charge in [-0.2, -0.15) is 0 Å². The van der Waals surface area contributed by atoms with Gasteiger partial charge in [0.15, 0.2) is 0 Å². The molecule has 0 radical (unpaired) electrons. The summed E-state index contributed by atoms with van der Waals surface area (Å²) in [5.74, 6) is 0. The van der Waals surface area contributed by atoms with Crippen LogP contribution in [-0.4, -0.2) is 0 Å². The van der Waals surface area contributed by atoms with Gasteiger partial charge in [0, 0.05) is 40.5 Å². The first kappa shape index (κ1) is 35.5. The molecule has 2 unspecified atom stereocenters. The molecule has 0 amide bonds. The van der Waals surface area contributed by atoms with Crippen LogP contribution in [0.4, 0.5) is 5.69 Å². The van der Waals surface area contributed by atoms with E-state index in [0.717, 1.165) is 99.4 Å². The highest BCUT2D eigenvalue weighted by atomic mass is 32.1. The van der Waals surface area contributed by atoms with Crippen LogP contribution in [0.1, 0.15) is 51.6 Å². The van der Waals surface area contributed by atoms with Crippen LogP contribution in [0.3, 0.4) is 0 Å². The number of rotatable bonds is 13. The molecule has 1 aliphatic carbocycles. The standard InChI is InChI=1S/C69H51NS/c1-4-56-61-31-15-17-35-65(61)69(53-23-7-5-8-24-53,54-25-9-6-10-26-54)66(56)43-44-70(55-27-19-22-51(45-55)64-46-52-21-11-12-28-57(52)59-29-13-14-30-60(59)64)48(3)38-37-47(2)49-39-41-50(42-40-49)58-33-20-34-63-62-32-16-18-36-67(62)71-68(58)63/h4-36,39-46H,1-3,37-38H2/b44-43+/i2D,3D,37D,38D,39D,40D,41D,42D/b44-43+,47-2?,48-3?. The molecular weight excluding hydrogens is 875 g/mol. The van der Waals surface area contributed by atoms with Crippen molar-refractivity contribution in [2.75, 3.05) is 4.90 Å². The van der Waals surface area contributed by atoms with Crippen LogP contribution in [0.2, 0.25) is 0 Å². The van der Waals surface area contributed by atoms with E-state index >= 15 is 0 Å². The highest BCUT2D eigenvalue weighted by Gasteiger charge is 2.46. The number of hydrogen-bond donors (Lipinski definition) is 0. The molecule has 11 aromatic rings. The average molecular weight is 934 g/mol. The van der Waals surface area contributed by atoms with Crippen molar-refractivity contribution in [2.24, 2.45) is 0 Å². The van der Waals surface area contributed by atoms with Crippen molar-refractivity contribution in [2.45, 2.75) is 18.2 Å². The van der Waals surface area contributed by atoms with E-state index in [2.05, 4.69) is 79.4 Å². The van der Waals surface area contributed by atoms with E-state index in [0.29, 0.717) is 11.3 Å². The molecule has 0 aliphatic heterocycles. The second kappa shape index (κ2) is 18.4. The maximum Gasteiger partial charge on any atom is 0.0714 e. The van der Waals surface area contributed by atoms with Gasteiger partial charge in [0.2, 0.25) is 0 Å². The Morgan fingerprint density at radius 2 is 1.21 bits per heavy atom. The number of benzene rings is 10. The molecule has 1 nitrogen and oxygen atoms in total. The lowest BCUT2D eigenvalue weighted by atomic mass is 9.67. The molecule has 71 heavy (non-hydrogen) atoms. The second-order valence-electron chi connectivity index (χ2n) is 17.7. The van der Waals surface area contributed by atoms with Crippen LogP contribution in [0.5, 0.6) is 0 Å². The van der Waals surface area contributed by atoms with Crippen LogP contribution >= 0.6 is 11.3 Å². The van der Waals surface area contributed by atoms with E-state index in [1.807, 2.05) is 152 Å². The lowest BCUT2D eigenvalue weighted by molar-refractivity contribution is 0.760. The van der Waals surface area contributed by atoms with Gasteiger partial charge < -0.3 is 4.90 Å². The lowest BCUT2D eigenvalue weighted by Crippen LogP contribution is -2.29. The minimum absolute atomic E-state index is 0.0701. The fourth-order valence-corrected chi connectivity index (χ4v) is 11.8. The van der Waals surface area contributed by atoms with Crippen molar-refractivity contribution < 1.29 is 11.0 Å². The Morgan fingerprint density at radius 3 is 1.97 bits per heavy atom. The molecule has 1 aromatic heterocycles. The fraction of sp³-hybridized carbons (Fsp3) is 0.0435. The number of anilines is 1. The van der Waals surface area contributed by atoms with Crippen molar-refractivity contribution in [1.29, 1.82) is 0 Å². The molecule has 10 aromatic carbocycles. The maximum absolute atomic E-state index is 10.1. The predicted octanol–water partition coefficient (Wildman–Crippen LogP) is 19.0. The fourth-order valence-electron chi connectivity index (χ4n) is 10.6. The monoisotopic (exact) mass is 933 g/mol. The summed E-state index contributed by atoms with van der Waals surface area (Å²) in [6.45, 7) is 6.31. The molecule has 2 atom stereocenters. The summed E-state index contributed by atoms with van der Waals surface area (Å²) in [5, 5.41) is 6.34. The lowest BCUT2D eigenvalue weighted by Gasteiger charge is -2.35. The second-order valence-corrected chi connectivity index (χ2v) is 18.8. The normalized spacial score (nSPS) is 16.2. The summed E-state index contributed by atoms with van der Waals surface area (Å²) in [7, 11) is 0. The van der Waals surface area contributed by atoms with E-state index in [1.165, 1.54) is 11.3 Å². The highest BCUT2D eigenvalue weighted by Crippen LogP contribution is 2.55. The van der Waals surface area contributed by atoms with Crippen molar-refractivity contribution in [3.63, 3.8) is 0 Å². The SMILES string of the molecule is [2H]C=C(c1c([2H])c([2H])c(-c2cccc3c2sc2ccccc23)c([2H])c1[2H])C([2H])C([2H])C(=C[2H])N(/C=C/C1=C(C=C)c2ccccc2C1(c1ccccc1)c1ccccc1)c1cccc(-c2cc3ccccc3c3ccccc23)c1. The average Bonchev–Trinajstić information content (AvgIpc) is 4.07. The predicted molar refractivity (Wildman–Crippen MR) is 307 cm³/mol. The van der Waals surface area contributed by atoms with Gasteiger partial charge in [0.25, 0.3) is 0 Å². The molecule has 338 valence electrons. The number of allylic oxidation sites excluding steroid dienone is 6. The van der Waals surface area contributed by atoms with Crippen molar-refractivity contribution >= 4 is 69.9 Å².